The highest BCUT2D eigenvalue weighted by Crippen LogP contribution is 2.88. The van der Waals surface area contributed by atoms with E-state index in [0.717, 1.165) is 25.0 Å². The van der Waals surface area contributed by atoms with E-state index in [9.17, 15) is 10.0 Å². The number of rotatable bonds is 5. The first-order chi connectivity index (χ1) is 22.9. The Hall–Kier alpha value is -2.37. The van der Waals surface area contributed by atoms with Gasteiger partial charge in [-0.15, -0.1) is 38.5 Å². The van der Waals surface area contributed by atoms with Crippen LogP contribution < -0.4 is 0 Å². The second-order valence-corrected chi connectivity index (χ2v) is 15.9. The number of nitroso groups, excluding NO2 is 1. The lowest BCUT2D eigenvalue weighted by molar-refractivity contribution is -0.219. The molecular formula is C41H62FNO5. The molecule has 1 N–H and O–H groups in total. The fourth-order valence-corrected chi connectivity index (χ4v) is 12.2. The van der Waals surface area contributed by atoms with Crippen LogP contribution in [-0.4, -0.2) is 41.6 Å². The minimum atomic E-state index is -1.76. The zero-order valence-electron chi connectivity index (χ0n) is 30.7. The smallest absolute Gasteiger partial charge is 0.250 e. The lowest BCUT2D eigenvalue weighted by atomic mass is 9.48. The number of fused-ring (bicyclic) bond motifs is 3. The van der Waals surface area contributed by atoms with Crippen LogP contribution in [0.15, 0.2) is 16.5 Å². The molecule has 2 spiro atoms. The fraction of sp³-hybridized carbons (Fsp3) is 0.805. The Balaban J connectivity index is 0.000000730. The van der Waals surface area contributed by atoms with Crippen molar-refractivity contribution in [2.75, 3.05) is 6.61 Å². The average molecular weight is 668 g/mol. The Bertz CT molecular complexity index is 1210. The molecule has 7 rings (SSSR count). The summed E-state index contributed by atoms with van der Waals surface area (Å²) in [5, 5.41) is 13.6. The van der Waals surface area contributed by atoms with Crippen LogP contribution in [0, 0.1) is 89.3 Å². The minimum absolute atomic E-state index is 0.0205. The van der Waals surface area contributed by atoms with E-state index in [-0.39, 0.29) is 30.3 Å². The molecule has 7 aliphatic rings. The number of hydrogen-bond acceptors (Lipinski definition) is 6. The lowest BCUT2D eigenvalue weighted by Gasteiger charge is -2.56. The van der Waals surface area contributed by atoms with E-state index in [1.165, 1.54) is 37.7 Å². The van der Waals surface area contributed by atoms with Gasteiger partial charge in [0.1, 0.15) is 5.76 Å². The summed E-state index contributed by atoms with van der Waals surface area (Å²) in [5.74, 6) is 2.22. The zero-order valence-corrected chi connectivity index (χ0v) is 30.7. The molecular weight excluding hydrogens is 605 g/mol. The van der Waals surface area contributed by atoms with E-state index in [0.29, 0.717) is 66.3 Å². The third kappa shape index (κ3) is 6.36. The number of nitrogens with zero attached hydrogens (tertiary/aromatic N) is 1. The van der Waals surface area contributed by atoms with Gasteiger partial charge < -0.3 is 19.3 Å². The maximum atomic E-state index is 15.8. The number of terminal acetylenes is 3. The molecule has 0 aromatic rings. The Morgan fingerprint density at radius 2 is 1.56 bits per heavy atom. The molecule has 5 unspecified atom stereocenters. The normalized spacial score (nSPS) is 44.7. The highest BCUT2D eigenvalue weighted by atomic mass is 19.2. The molecule has 5 aliphatic carbocycles. The van der Waals surface area contributed by atoms with E-state index in [2.05, 4.69) is 64.5 Å². The molecule has 6 nitrogen and oxygen atoms in total. The highest BCUT2D eigenvalue weighted by molar-refractivity contribution is 5.37. The largest absolute Gasteiger partial charge is 0.462 e. The summed E-state index contributed by atoms with van der Waals surface area (Å²) in [6, 6.07) is -0.185. The first-order valence-corrected chi connectivity index (χ1v) is 18.3. The molecule has 0 aromatic heterocycles. The number of alkyl halides is 1. The summed E-state index contributed by atoms with van der Waals surface area (Å²) < 4.78 is 34.5. The van der Waals surface area contributed by atoms with E-state index in [1.54, 1.807) is 13.8 Å². The van der Waals surface area contributed by atoms with Crippen LogP contribution >= 0.6 is 0 Å². The predicted molar refractivity (Wildman–Crippen MR) is 191 cm³/mol. The molecule has 0 amide bonds. The highest BCUT2D eigenvalue weighted by Gasteiger charge is 2.83. The van der Waals surface area contributed by atoms with Crippen molar-refractivity contribution in [3.8, 4) is 38.5 Å². The van der Waals surface area contributed by atoms with Gasteiger partial charge in [-0.25, -0.2) is 0 Å². The molecule has 2 aliphatic heterocycles. The number of hydrogen-bond donors (Lipinski definition) is 1. The van der Waals surface area contributed by atoms with Crippen molar-refractivity contribution in [2.45, 2.75) is 155 Å². The molecule has 48 heavy (non-hydrogen) atoms. The van der Waals surface area contributed by atoms with E-state index < -0.39 is 11.5 Å². The van der Waals surface area contributed by atoms with Gasteiger partial charge in [0.25, 0.3) is 5.85 Å². The fourth-order valence-electron chi connectivity index (χ4n) is 12.2. The summed E-state index contributed by atoms with van der Waals surface area (Å²) in [7, 11) is 0. The molecule has 12 atom stereocenters. The van der Waals surface area contributed by atoms with Gasteiger partial charge >= 0.3 is 0 Å². The molecule has 4 saturated carbocycles. The molecule has 0 bridgehead atoms. The SMILES string of the molecule is C#C.C#C.C#C.CC.CC1C2CC[C@H]3C4CC5=C(CC[C@](F)(CC(C)(C)O)O5)[C@@]4(C)CC[C@]34[C@H](C)C24CC[C@@H]1OC1C[C@@H](N=O)CCO1. The summed E-state index contributed by atoms with van der Waals surface area (Å²) in [5.41, 5.74) is 1.20. The van der Waals surface area contributed by atoms with Crippen molar-refractivity contribution in [2.24, 2.45) is 51.0 Å². The monoisotopic (exact) mass is 667 g/mol. The first-order valence-electron chi connectivity index (χ1n) is 18.3. The number of halogens is 1. The van der Waals surface area contributed by atoms with E-state index in [1.807, 2.05) is 13.8 Å². The maximum absolute atomic E-state index is 15.8. The van der Waals surface area contributed by atoms with E-state index >= 15 is 4.39 Å². The van der Waals surface area contributed by atoms with Crippen molar-refractivity contribution in [3.05, 3.63) is 16.2 Å². The summed E-state index contributed by atoms with van der Waals surface area (Å²) >= 11 is 0. The van der Waals surface area contributed by atoms with Gasteiger partial charge in [0.2, 0.25) is 0 Å². The first kappa shape index (κ1) is 40.1. The van der Waals surface area contributed by atoms with Gasteiger partial charge in [-0.3, -0.25) is 0 Å². The molecule has 0 radical (unpaired) electrons. The molecule has 1 saturated heterocycles. The molecule has 5 fully saturated rings. The van der Waals surface area contributed by atoms with Gasteiger partial charge in [-0.2, -0.15) is 9.30 Å². The van der Waals surface area contributed by atoms with Crippen molar-refractivity contribution in [1.29, 1.82) is 0 Å². The quantitative estimate of drug-likeness (QED) is 0.180. The Morgan fingerprint density at radius 1 is 0.938 bits per heavy atom. The summed E-state index contributed by atoms with van der Waals surface area (Å²) in [6.07, 6.45) is 34.4. The molecule has 268 valence electrons. The van der Waals surface area contributed by atoms with Crippen molar-refractivity contribution in [1.82, 2.24) is 0 Å². The Labute approximate surface area is 291 Å². The van der Waals surface area contributed by atoms with Crippen LogP contribution in [-0.2, 0) is 14.2 Å². The number of allylic oxidation sites excluding steroid dienone is 2. The van der Waals surface area contributed by atoms with Crippen LogP contribution in [0.25, 0.3) is 0 Å². The van der Waals surface area contributed by atoms with Gasteiger partial charge in [0, 0.05) is 25.7 Å². The van der Waals surface area contributed by atoms with Gasteiger partial charge in [0.05, 0.1) is 24.4 Å². The predicted octanol–water partition coefficient (Wildman–Crippen LogP) is 9.21. The van der Waals surface area contributed by atoms with Crippen molar-refractivity contribution in [3.63, 3.8) is 0 Å². The number of aliphatic hydroxyl groups is 1. The maximum Gasteiger partial charge on any atom is 0.250 e. The Morgan fingerprint density at radius 3 is 2.19 bits per heavy atom. The van der Waals surface area contributed by atoms with Gasteiger partial charge in [-0.1, -0.05) is 39.8 Å². The van der Waals surface area contributed by atoms with Crippen LogP contribution in [0.2, 0.25) is 0 Å². The second-order valence-electron chi connectivity index (χ2n) is 15.9. The molecule has 2 heterocycles. The van der Waals surface area contributed by atoms with Crippen LogP contribution in [0.4, 0.5) is 4.39 Å². The van der Waals surface area contributed by atoms with Crippen molar-refractivity contribution >= 4 is 0 Å². The molecule has 7 heteroatoms. The van der Waals surface area contributed by atoms with Gasteiger partial charge in [-0.05, 0) is 117 Å². The number of ether oxygens (including phenoxy) is 3. The van der Waals surface area contributed by atoms with Crippen LogP contribution in [0.1, 0.15) is 126 Å². The zero-order chi connectivity index (χ0) is 36.3. The average Bonchev–Trinajstić information content (AvgIpc) is 3.47. The van der Waals surface area contributed by atoms with Crippen molar-refractivity contribution < 1.29 is 23.7 Å². The summed E-state index contributed by atoms with van der Waals surface area (Å²) in [6.45, 7) is 15.3. The summed E-state index contributed by atoms with van der Waals surface area (Å²) in [4.78, 5) is 11.1. The topological polar surface area (TPSA) is 77.4 Å². The third-order valence-corrected chi connectivity index (χ3v) is 13.7. The standard InChI is InChI=1S/C33H50FNO5.C2H6.3C2H2/c1-19-22-6-7-23-25-17-27-24(8-11-31(34,40-27)18-29(3,4)36)30(25,5)13-14-33(23)20(2)32(22,33)12-9-26(19)39-28-16-21(35-37)10-15-38-28;4*1-2/h19-23,25-26,28,36H,6-18H2,1-5H3;1-2H3;3*1-2H/t19?,20-,21+,22?,23+,25?,26+,28?,30-,31-,32?,33+;;;;/m1..../s1. The van der Waals surface area contributed by atoms with Gasteiger partial charge in [0.15, 0.2) is 6.29 Å². The van der Waals surface area contributed by atoms with Crippen LogP contribution in [0.3, 0.4) is 0 Å². The Kier molecular flexibility index (Phi) is 12.7. The van der Waals surface area contributed by atoms with Crippen LogP contribution in [0.5, 0.6) is 0 Å². The van der Waals surface area contributed by atoms with E-state index in [4.69, 9.17) is 14.2 Å². The second kappa shape index (κ2) is 15.3. The third-order valence-electron chi connectivity index (χ3n) is 13.7. The molecule has 0 aromatic carbocycles. The minimum Gasteiger partial charge on any atom is -0.462 e. The lowest BCUT2D eigenvalue weighted by Crippen LogP contribution is -2.51.